The van der Waals surface area contributed by atoms with Crippen molar-refractivity contribution >= 4 is 17.8 Å². The Balaban J connectivity index is 1.90. The molecule has 0 aliphatic heterocycles. The topological polar surface area (TPSA) is 43.4 Å². The predicted octanol–water partition coefficient (Wildman–Crippen LogP) is 8.48. The second-order valence-corrected chi connectivity index (χ2v) is 10.2. The maximum absolute atomic E-state index is 15.1. The third-order valence-electron chi connectivity index (χ3n) is 7.69. The Bertz CT molecular complexity index is 1430. The average Bonchev–Trinajstić information content (AvgIpc) is 3.06. The molecule has 0 N–H and O–H groups in total. The van der Waals surface area contributed by atoms with E-state index in [1.165, 1.54) is 0 Å². The van der Waals surface area contributed by atoms with Gasteiger partial charge in [-0.15, -0.1) is 0 Å². The molecular weight excluding hydrogens is 516 g/mol. The number of ether oxygens (including phenoxy) is 1. The second-order valence-electron chi connectivity index (χ2n) is 10.2. The number of esters is 1. The number of rotatable bonds is 11. The molecule has 3 heteroatoms. The van der Waals surface area contributed by atoms with E-state index in [4.69, 9.17) is 4.74 Å². The molecular formula is C39H34O3. The van der Waals surface area contributed by atoms with Crippen molar-refractivity contribution in [2.24, 2.45) is 5.41 Å². The van der Waals surface area contributed by atoms with E-state index in [-0.39, 0.29) is 12.4 Å². The van der Waals surface area contributed by atoms with Crippen molar-refractivity contribution in [3.8, 4) is 0 Å². The molecule has 0 radical (unpaired) electrons. The van der Waals surface area contributed by atoms with Crippen LogP contribution < -0.4 is 0 Å². The minimum Gasteiger partial charge on any atom is -0.465 e. The zero-order valence-electron chi connectivity index (χ0n) is 23.7. The van der Waals surface area contributed by atoms with Crippen LogP contribution >= 0.6 is 0 Å². The van der Waals surface area contributed by atoms with Gasteiger partial charge in [0.25, 0.3) is 0 Å². The van der Waals surface area contributed by atoms with Crippen LogP contribution in [0.15, 0.2) is 158 Å². The molecule has 0 aromatic heterocycles. The number of ketones is 1. The van der Waals surface area contributed by atoms with E-state index >= 15 is 4.79 Å². The molecule has 42 heavy (non-hydrogen) atoms. The van der Waals surface area contributed by atoms with E-state index in [2.05, 4.69) is 0 Å². The van der Waals surface area contributed by atoms with Crippen LogP contribution in [0.1, 0.15) is 46.6 Å². The highest BCUT2D eigenvalue weighted by atomic mass is 16.5. The summed E-state index contributed by atoms with van der Waals surface area (Å²) in [5, 5.41) is 0. The van der Waals surface area contributed by atoms with Gasteiger partial charge in [0.15, 0.2) is 11.2 Å². The first-order valence-corrected chi connectivity index (χ1v) is 14.3. The minimum absolute atomic E-state index is 0.142. The Hall–Kier alpha value is -5.02. The highest BCUT2D eigenvalue weighted by Crippen LogP contribution is 2.54. The second kappa shape index (κ2) is 13.6. The zero-order chi connectivity index (χ0) is 29.2. The van der Waals surface area contributed by atoms with Crippen LogP contribution in [0.2, 0.25) is 0 Å². The lowest BCUT2D eigenvalue weighted by molar-refractivity contribution is -0.161. The van der Waals surface area contributed by atoms with Crippen molar-refractivity contribution in [2.45, 2.75) is 18.8 Å². The van der Waals surface area contributed by atoms with Crippen LogP contribution in [0, 0.1) is 5.41 Å². The van der Waals surface area contributed by atoms with Gasteiger partial charge in [-0.2, -0.15) is 0 Å². The van der Waals surface area contributed by atoms with Crippen LogP contribution in [0.5, 0.6) is 0 Å². The van der Waals surface area contributed by atoms with Gasteiger partial charge >= 0.3 is 5.97 Å². The van der Waals surface area contributed by atoms with Gasteiger partial charge in [0.2, 0.25) is 0 Å². The van der Waals surface area contributed by atoms with E-state index in [1.54, 1.807) is 19.1 Å². The van der Waals surface area contributed by atoms with Crippen LogP contribution in [0.3, 0.4) is 0 Å². The summed E-state index contributed by atoms with van der Waals surface area (Å²) in [5.74, 6) is -2.18. The highest BCUT2D eigenvalue weighted by Gasteiger charge is 2.59. The van der Waals surface area contributed by atoms with Crippen molar-refractivity contribution in [3.63, 3.8) is 0 Å². The van der Waals surface area contributed by atoms with Gasteiger partial charge in [0.1, 0.15) is 0 Å². The van der Waals surface area contributed by atoms with Crippen molar-refractivity contribution in [3.05, 3.63) is 186 Å². The quantitative estimate of drug-likeness (QED) is 0.0941. The van der Waals surface area contributed by atoms with Crippen molar-refractivity contribution in [2.75, 3.05) is 6.61 Å². The zero-order valence-corrected chi connectivity index (χ0v) is 23.7. The fraction of sp³-hybridized carbons (Fsp3) is 0.128. The fourth-order valence-electron chi connectivity index (χ4n) is 5.93. The Morgan fingerprint density at radius 3 is 1.24 bits per heavy atom. The minimum atomic E-state index is -1.69. The number of hydrogen-bond acceptors (Lipinski definition) is 3. The first-order valence-electron chi connectivity index (χ1n) is 14.3. The Kier molecular flexibility index (Phi) is 9.20. The molecule has 0 amide bonds. The molecule has 0 saturated carbocycles. The largest absolute Gasteiger partial charge is 0.465 e. The van der Waals surface area contributed by atoms with Crippen molar-refractivity contribution in [1.82, 2.24) is 0 Å². The first kappa shape index (κ1) is 28.5. The SMILES string of the molecule is CCOC(=O)C(C(=O)C=Cc1ccccc1)(C(c1ccccc1)c1ccccc1)C(c1ccccc1)c1ccccc1. The van der Waals surface area contributed by atoms with E-state index in [0.717, 1.165) is 27.8 Å². The summed E-state index contributed by atoms with van der Waals surface area (Å²) in [5.41, 5.74) is 2.61. The Labute approximate surface area is 248 Å². The third kappa shape index (κ3) is 5.87. The molecule has 208 valence electrons. The molecule has 0 bridgehead atoms. The molecule has 5 aromatic carbocycles. The van der Waals surface area contributed by atoms with Gasteiger partial charge in [-0.1, -0.05) is 158 Å². The molecule has 0 atom stereocenters. The van der Waals surface area contributed by atoms with Gasteiger partial charge in [0, 0.05) is 11.8 Å². The van der Waals surface area contributed by atoms with Crippen LogP contribution in [-0.2, 0) is 14.3 Å². The van der Waals surface area contributed by atoms with Gasteiger partial charge in [-0.3, -0.25) is 9.59 Å². The van der Waals surface area contributed by atoms with Crippen molar-refractivity contribution < 1.29 is 14.3 Å². The molecule has 5 aromatic rings. The maximum Gasteiger partial charge on any atom is 0.321 e. The predicted molar refractivity (Wildman–Crippen MR) is 169 cm³/mol. The Morgan fingerprint density at radius 2 is 0.905 bits per heavy atom. The molecule has 0 saturated heterocycles. The average molecular weight is 551 g/mol. The van der Waals surface area contributed by atoms with Gasteiger partial charge in [-0.05, 0) is 40.8 Å². The first-order chi connectivity index (χ1) is 20.7. The summed E-state index contributed by atoms with van der Waals surface area (Å²) in [6, 6.07) is 49.0. The van der Waals surface area contributed by atoms with E-state index in [1.807, 2.05) is 152 Å². The monoisotopic (exact) mass is 550 g/mol. The normalized spacial score (nSPS) is 11.6. The third-order valence-corrected chi connectivity index (χ3v) is 7.69. The van der Waals surface area contributed by atoms with Crippen LogP contribution in [0.25, 0.3) is 6.08 Å². The molecule has 0 unspecified atom stereocenters. The van der Waals surface area contributed by atoms with Gasteiger partial charge in [0.05, 0.1) is 6.61 Å². The standard InChI is InChI=1S/C39H34O3/c1-2-42-38(41)39(35(40)29-28-30-18-8-3-9-19-30,36(31-20-10-4-11-21-31)32-22-12-5-13-23-32)37(33-24-14-6-15-25-33)34-26-16-7-17-27-34/h3-29,36-37H,2H2,1H3. The summed E-state index contributed by atoms with van der Waals surface area (Å²) in [6.45, 7) is 1.93. The fourth-order valence-corrected chi connectivity index (χ4v) is 5.93. The summed E-state index contributed by atoms with van der Waals surface area (Å²) < 4.78 is 5.93. The highest BCUT2D eigenvalue weighted by molar-refractivity contribution is 6.13. The van der Waals surface area contributed by atoms with Crippen LogP contribution in [-0.4, -0.2) is 18.4 Å². The lowest BCUT2D eigenvalue weighted by Gasteiger charge is -2.43. The molecule has 0 fully saturated rings. The summed E-state index contributed by atoms with van der Waals surface area (Å²) in [4.78, 5) is 30.0. The maximum atomic E-state index is 15.1. The smallest absolute Gasteiger partial charge is 0.321 e. The number of allylic oxidation sites excluding steroid dienone is 1. The van der Waals surface area contributed by atoms with Crippen molar-refractivity contribution in [1.29, 1.82) is 0 Å². The van der Waals surface area contributed by atoms with E-state index in [0.29, 0.717) is 0 Å². The number of carbonyl (C=O) groups excluding carboxylic acids is 2. The van der Waals surface area contributed by atoms with E-state index in [9.17, 15) is 4.79 Å². The molecule has 0 aliphatic carbocycles. The number of carbonyl (C=O) groups is 2. The number of hydrogen-bond donors (Lipinski definition) is 0. The van der Waals surface area contributed by atoms with E-state index < -0.39 is 23.2 Å². The summed E-state index contributed by atoms with van der Waals surface area (Å²) in [6.07, 6.45) is 3.35. The molecule has 0 spiro atoms. The summed E-state index contributed by atoms with van der Waals surface area (Å²) in [7, 11) is 0. The summed E-state index contributed by atoms with van der Waals surface area (Å²) >= 11 is 0. The van der Waals surface area contributed by atoms with Gasteiger partial charge in [-0.25, -0.2) is 0 Å². The lowest BCUT2D eigenvalue weighted by atomic mass is 9.56. The molecule has 0 heterocycles. The molecule has 3 nitrogen and oxygen atoms in total. The number of benzene rings is 5. The molecule has 5 rings (SSSR count). The van der Waals surface area contributed by atoms with Gasteiger partial charge < -0.3 is 4.74 Å². The Morgan fingerprint density at radius 1 is 0.571 bits per heavy atom. The van der Waals surface area contributed by atoms with Crippen LogP contribution in [0.4, 0.5) is 0 Å². The lowest BCUT2D eigenvalue weighted by Crippen LogP contribution is -2.50. The molecule has 0 aliphatic rings.